The molecule has 1 unspecified atom stereocenters. The van der Waals surface area contributed by atoms with Crippen LogP contribution >= 0.6 is 11.3 Å². The highest BCUT2D eigenvalue weighted by Gasteiger charge is 2.15. The Bertz CT molecular complexity index is 664. The zero-order valence-electron chi connectivity index (χ0n) is 15.1. The van der Waals surface area contributed by atoms with E-state index in [4.69, 9.17) is 5.14 Å². The fraction of sp³-hybridized carbons (Fsp3) is 0.706. The molecule has 0 radical (unpaired) electrons. The Morgan fingerprint density at radius 3 is 2.68 bits per heavy atom. The normalized spacial score (nSPS) is 18.1. The van der Waals surface area contributed by atoms with E-state index in [1.807, 2.05) is 0 Å². The SMILES string of the molecule is CN=C(NCc1ccc(S(N)(=O)=O)s1)NC(C)CCC1CCCCC1. The fourth-order valence-corrected chi connectivity index (χ4v) is 4.96. The molecule has 0 spiro atoms. The Kier molecular flexibility index (Phi) is 7.71. The van der Waals surface area contributed by atoms with Gasteiger partial charge in [-0.15, -0.1) is 11.3 Å². The molecule has 4 N–H and O–H groups in total. The largest absolute Gasteiger partial charge is 0.354 e. The molecular weight excluding hydrogens is 356 g/mol. The van der Waals surface area contributed by atoms with Crippen LogP contribution in [0.2, 0.25) is 0 Å². The van der Waals surface area contributed by atoms with Crippen LogP contribution in [0.15, 0.2) is 21.3 Å². The third-order valence-electron chi connectivity index (χ3n) is 4.69. The topological polar surface area (TPSA) is 96.6 Å². The van der Waals surface area contributed by atoms with E-state index in [0.717, 1.165) is 23.2 Å². The fourth-order valence-electron chi connectivity index (χ4n) is 3.24. The molecule has 8 heteroatoms. The van der Waals surface area contributed by atoms with Gasteiger partial charge in [-0.3, -0.25) is 4.99 Å². The summed E-state index contributed by atoms with van der Waals surface area (Å²) in [6, 6.07) is 3.67. The van der Waals surface area contributed by atoms with E-state index in [-0.39, 0.29) is 4.21 Å². The monoisotopic (exact) mass is 386 g/mol. The Hall–Kier alpha value is -1.12. The molecule has 25 heavy (non-hydrogen) atoms. The summed E-state index contributed by atoms with van der Waals surface area (Å²) in [5.74, 6) is 1.62. The first-order valence-corrected chi connectivity index (χ1v) is 11.3. The Balaban J connectivity index is 1.75. The van der Waals surface area contributed by atoms with Gasteiger partial charge >= 0.3 is 0 Å². The van der Waals surface area contributed by atoms with Gasteiger partial charge in [-0.2, -0.15) is 0 Å². The molecule has 0 aliphatic heterocycles. The quantitative estimate of drug-likeness (QED) is 0.496. The standard InChI is InChI=1S/C17H30N4O2S2/c1-13(8-9-14-6-4-3-5-7-14)21-17(19-2)20-12-15-10-11-16(24-15)25(18,22)23/h10-11,13-14H,3-9,12H2,1-2H3,(H2,18,22,23)(H2,19,20,21). The number of nitrogens with one attached hydrogen (secondary N) is 2. The molecule has 1 aromatic heterocycles. The van der Waals surface area contributed by atoms with Gasteiger partial charge in [-0.05, 0) is 37.8 Å². The van der Waals surface area contributed by atoms with Gasteiger partial charge in [0.25, 0.3) is 0 Å². The molecule has 1 heterocycles. The van der Waals surface area contributed by atoms with Gasteiger partial charge in [-0.1, -0.05) is 32.1 Å². The first kappa shape index (κ1) is 20.2. The minimum Gasteiger partial charge on any atom is -0.354 e. The van der Waals surface area contributed by atoms with E-state index in [2.05, 4.69) is 22.5 Å². The number of hydrogen-bond acceptors (Lipinski definition) is 4. The summed E-state index contributed by atoms with van der Waals surface area (Å²) in [5.41, 5.74) is 0. The highest BCUT2D eigenvalue weighted by Crippen LogP contribution is 2.27. The smallest absolute Gasteiger partial charge is 0.247 e. The average molecular weight is 387 g/mol. The summed E-state index contributed by atoms with van der Waals surface area (Å²) in [5, 5.41) is 11.8. The maximum absolute atomic E-state index is 11.3. The molecule has 2 rings (SSSR count). The predicted octanol–water partition coefficient (Wildman–Crippen LogP) is 2.81. The van der Waals surface area contributed by atoms with Crippen LogP contribution in [-0.2, 0) is 16.6 Å². The zero-order valence-corrected chi connectivity index (χ0v) is 16.8. The zero-order chi connectivity index (χ0) is 18.3. The van der Waals surface area contributed by atoms with Crippen molar-refractivity contribution in [2.24, 2.45) is 16.0 Å². The van der Waals surface area contributed by atoms with Gasteiger partial charge in [0.05, 0.1) is 6.54 Å². The van der Waals surface area contributed by atoms with E-state index in [0.29, 0.717) is 12.6 Å². The predicted molar refractivity (Wildman–Crippen MR) is 104 cm³/mol. The lowest BCUT2D eigenvalue weighted by Crippen LogP contribution is -2.41. The number of primary sulfonamides is 1. The van der Waals surface area contributed by atoms with Crippen molar-refractivity contribution < 1.29 is 8.42 Å². The second-order valence-electron chi connectivity index (χ2n) is 6.82. The first-order chi connectivity index (χ1) is 11.9. The minimum absolute atomic E-state index is 0.188. The average Bonchev–Trinajstić information content (AvgIpc) is 3.07. The summed E-state index contributed by atoms with van der Waals surface area (Å²) in [4.78, 5) is 5.15. The molecule has 1 fully saturated rings. The summed E-state index contributed by atoms with van der Waals surface area (Å²) < 4.78 is 22.8. The van der Waals surface area contributed by atoms with Crippen molar-refractivity contribution in [3.05, 3.63) is 17.0 Å². The van der Waals surface area contributed by atoms with E-state index in [1.165, 1.54) is 49.9 Å². The molecule has 1 saturated carbocycles. The first-order valence-electron chi connectivity index (χ1n) is 8.97. The molecule has 1 aliphatic rings. The number of nitrogens with two attached hydrogens (primary N) is 1. The number of rotatable bonds is 7. The van der Waals surface area contributed by atoms with E-state index in [1.54, 1.807) is 19.2 Å². The molecule has 1 aromatic rings. The van der Waals surface area contributed by atoms with Crippen molar-refractivity contribution in [1.82, 2.24) is 10.6 Å². The summed E-state index contributed by atoms with van der Waals surface area (Å²) >= 11 is 1.18. The van der Waals surface area contributed by atoms with Crippen molar-refractivity contribution in [2.75, 3.05) is 7.05 Å². The van der Waals surface area contributed by atoms with Crippen LogP contribution in [0.4, 0.5) is 0 Å². The molecule has 1 atom stereocenters. The van der Waals surface area contributed by atoms with Gasteiger partial charge in [0, 0.05) is 18.0 Å². The second-order valence-corrected chi connectivity index (χ2v) is 9.77. The number of nitrogens with zero attached hydrogens (tertiary/aromatic N) is 1. The van der Waals surface area contributed by atoms with Crippen molar-refractivity contribution >= 4 is 27.3 Å². The lowest BCUT2D eigenvalue weighted by Gasteiger charge is -2.24. The van der Waals surface area contributed by atoms with Crippen LogP contribution in [0.5, 0.6) is 0 Å². The maximum atomic E-state index is 11.3. The lowest BCUT2D eigenvalue weighted by atomic mass is 9.85. The van der Waals surface area contributed by atoms with Crippen LogP contribution in [0.3, 0.4) is 0 Å². The number of sulfonamides is 1. The molecule has 0 aromatic carbocycles. The maximum Gasteiger partial charge on any atom is 0.247 e. The molecular formula is C17H30N4O2S2. The van der Waals surface area contributed by atoms with Gasteiger partial charge in [0.1, 0.15) is 4.21 Å². The highest BCUT2D eigenvalue weighted by atomic mass is 32.2. The van der Waals surface area contributed by atoms with E-state index >= 15 is 0 Å². The third kappa shape index (κ3) is 6.95. The summed E-state index contributed by atoms with van der Waals surface area (Å²) in [6.45, 7) is 2.70. The van der Waals surface area contributed by atoms with Crippen molar-refractivity contribution in [1.29, 1.82) is 0 Å². The summed E-state index contributed by atoms with van der Waals surface area (Å²) in [6.07, 6.45) is 9.34. The van der Waals surface area contributed by atoms with Crippen LogP contribution in [0.1, 0.15) is 56.7 Å². The highest BCUT2D eigenvalue weighted by molar-refractivity contribution is 7.91. The number of aliphatic imine (C=N–C) groups is 1. The van der Waals surface area contributed by atoms with Crippen LogP contribution in [0.25, 0.3) is 0 Å². The number of guanidine groups is 1. The van der Waals surface area contributed by atoms with Gasteiger partial charge in [-0.25, -0.2) is 13.6 Å². The minimum atomic E-state index is -3.62. The second kappa shape index (κ2) is 9.54. The van der Waals surface area contributed by atoms with Gasteiger partial charge in [0.2, 0.25) is 10.0 Å². The van der Waals surface area contributed by atoms with Crippen LogP contribution in [-0.4, -0.2) is 27.5 Å². The molecule has 0 bridgehead atoms. The number of hydrogen-bond donors (Lipinski definition) is 3. The molecule has 1 aliphatic carbocycles. The van der Waals surface area contributed by atoms with Crippen molar-refractivity contribution in [3.63, 3.8) is 0 Å². The molecule has 0 saturated heterocycles. The van der Waals surface area contributed by atoms with E-state index in [9.17, 15) is 8.42 Å². The van der Waals surface area contributed by atoms with E-state index < -0.39 is 10.0 Å². The molecule has 6 nitrogen and oxygen atoms in total. The Morgan fingerprint density at radius 2 is 2.08 bits per heavy atom. The number of thiophene rings is 1. The van der Waals surface area contributed by atoms with Crippen molar-refractivity contribution in [3.8, 4) is 0 Å². The third-order valence-corrected chi connectivity index (χ3v) is 7.21. The lowest BCUT2D eigenvalue weighted by molar-refractivity contribution is 0.322. The van der Waals surface area contributed by atoms with Crippen molar-refractivity contribution in [2.45, 2.75) is 68.7 Å². The molecule has 142 valence electrons. The molecule has 0 amide bonds. The van der Waals surface area contributed by atoms with Crippen LogP contribution in [0, 0.1) is 5.92 Å². The Labute approximate surface area is 155 Å². The Morgan fingerprint density at radius 1 is 1.36 bits per heavy atom. The van der Waals surface area contributed by atoms with Crippen LogP contribution < -0.4 is 15.8 Å². The van der Waals surface area contributed by atoms with Gasteiger partial charge < -0.3 is 10.6 Å². The summed E-state index contributed by atoms with van der Waals surface area (Å²) in [7, 11) is -1.87. The van der Waals surface area contributed by atoms with Gasteiger partial charge in [0.15, 0.2) is 5.96 Å².